The average Bonchev–Trinajstić information content (AvgIpc) is 3.38. The lowest BCUT2D eigenvalue weighted by Crippen LogP contribution is -2.49. The summed E-state index contributed by atoms with van der Waals surface area (Å²) in [5, 5.41) is 4.42. The summed E-state index contributed by atoms with van der Waals surface area (Å²) in [6.07, 6.45) is 4.55. The van der Waals surface area contributed by atoms with E-state index in [9.17, 15) is 4.79 Å². The van der Waals surface area contributed by atoms with Gasteiger partial charge in [-0.15, -0.1) is 0 Å². The smallest absolute Gasteiger partial charge is 0.257 e. The SMILES string of the molecule is COc1cc(Nc2cncc(-c3cc4ccccc4[nH]3)n2)ccc1C(=O)N1CCN(CCCN(C)C)CC1. The Hall–Kier alpha value is -3.95. The molecule has 0 spiro atoms. The molecule has 1 amide bonds. The molecular weight excluding hydrogens is 478 g/mol. The summed E-state index contributed by atoms with van der Waals surface area (Å²) in [6.45, 7) is 5.38. The van der Waals surface area contributed by atoms with Crippen molar-refractivity contribution in [3.05, 3.63) is 66.5 Å². The number of fused-ring (bicyclic) bond motifs is 1. The van der Waals surface area contributed by atoms with Gasteiger partial charge in [-0.25, -0.2) is 4.98 Å². The van der Waals surface area contributed by atoms with E-state index >= 15 is 0 Å². The Labute approximate surface area is 223 Å². The van der Waals surface area contributed by atoms with E-state index in [1.165, 1.54) is 0 Å². The number of aromatic nitrogens is 3. The first-order valence-electron chi connectivity index (χ1n) is 13.0. The minimum absolute atomic E-state index is 0.00180. The van der Waals surface area contributed by atoms with Crippen molar-refractivity contribution in [2.75, 3.05) is 65.8 Å². The van der Waals surface area contributed by atoms with E-state index < -0.39 is 0 Å². The third-order valence-corrected chi connectivity index (χ3v) is 6.88. The van der Waals surface area contributed by atoms with Crippen molar-refractivity contribution in [3.63, 3.8) is 0 Å². The summed E-state index contributed by atoms with van der Waals surface area (Å²) in [5.41, 5.74) is 4.03. The summed E-state index contributed by atoms with van der Waals surface area (Å²) >= 11 is 0. The van der Waals surface area contributed by atoms with Crippen LogP contribution >= 0.6 is 0 Å². The maximum Gasteiger partial charge on any atom is 0.257 e. The van der Waals surface area contributed by atoms with E-state index in [2.05, 4.69) is 51.3 Å². The fourth-order valence-electron chi connectivity index (χ4n) is 4.82. The van der Waals surface area contributed by atoms with Crippen LogP contribution in [0, 0.1) is 0 Å². The molecule has 1 saturated heterocycles. The highest BCUT2D eigenvalue weighted by molar-refractivity contribution is 5.97. The van der Waals surface area contributed by atoms with Crippen LogP contribution in [0.1, 0.15) is 16.8 Å². The molecule has 198 valence electrons. The van der Waals surface area contributed by atoms with E-state index in [-0.39, 0.29) is 5.91 Å². The number of benzene rings is 2. The number of hydrogen-bond donors (Lipinski definition) is 2. The Morgan fingerprint density at radius 2 is 1.89 bits per heavy atom. The van der Waals surface area contributed by atoms with Crippen LogP contribution in [0.25, 0.3) is 22.3 Å². The number of H-pyrrole nitrogens is 1. The van der Waals surface area contributed by atoms with Crippen LogP contribution in [-0.2, 0) is 0 Å². The van der Waals surface area contributed by atoms with E-state index in [4.69, 9.17) is 9.72 Å². The van der Waals surface area contributed by atoms with Gasteiger partial charge in [0.05, 0.1) is 30.8 Å². The number of anilines is 2. The zero-order chi connectivity index (χ0) is 26.5. The quantitative estimate of drug-likeness (QED) is 0.349. The number of amides is 1. The fourth-order valence-corrected chi connectivity index (χ4v) is 4.82. The van der Waals surface area contributed by atoms with Gasteiger partial charge in [-0.3, -0.25) is 14.7 Å². The van der Waals surface area contributed by atoms with Crippen LogP contribution in [0.2, 0.25) is 0 Å². The third kappa shape index (κ3) is 5.95. The first kappa shape index (κ1) is 25.7. The largest absolute Gasteiger partial charge is 0.496 e. The van der Waals surface area contributed by atoms with E-state index in [0.29, 0.717) is 17.1 Å². The van der Waals surface area contributed by atoms with Crippen LogP contribution in [0.4, 0.5) is 11.5 Å². The molecule has 9 nitrogen and oxygen atoms in total. The number of carbonyl (C=O) groups is 1. The molecular formula is C29H35N7O2. The molecule has 0 bridgehead atoms. The Kier molecular flexibility index (Phi) is 7.86. The number of ether oxygens (including phenoxy) is 1. The van der Waals surface area contributed by atoms with Gasteiger partial charge < -0.3 is 24.8 Å². The molecule has 0 saturated carbocycles. The molecule has 0 unspecified atom stereocenters. The van der Waals surface area contributed by atoms with Gasteiger partial charge in [-0.05, 0) is 57.9 Å². The van der Waals surface area contributed by atoms with Gasteiger partial charge in [-0.1, -0.05) is 18.2 Å². The lowest BCUT2D eigenvalue weighted by molar-refractivity contribution is 0.0630. The molecule has 2 N–H and O–H groups in total. The zero-order valence-electron chi connectivity index (χ0n) is 22.3. The van der Waals surface area contributed by atoms with Crippen molar-refractivity contribution in [2.45, 2.75) is 6.42 Å². The number of aromatic amines is 1. The highest BCUT2D eigenvalue weighted by Crippen LogP contribution is 2.28. The van der Waals surface area contributed by atoms with Gasteiger partial charge >= 0.3 is 0 Å². The molecule has 2 aromatic heterocycles. The molecule has 2 aromatic carbocycles. The van der Waals surface area contributed by atoms with Gasteiger partial charge in [0.25, 0.3) is 5.91 Å². The summed E-state index contributed by atoms with van der Waals surface area (Å²) in [6, 6.07) is 15.7. The zero-order valence-corrected chi connectivity index (χ0v) is 22.3. The standard InChI is InChI=1S/C29H35N7O2/c1-34(2)11-6-12-35-13-15-36(16-14-35)29(37)23-10-9-22(18-27(23)38-3)31-28-20-30-19-26(33-28)25-17-21-7-4-5-8-24(21)32-25/h4-5,7-10,17-20,32H,6,11-16H2,1-3H3,(H,31,33). The highest BCUT2D eigenvalue weighted by atomic mass is 16.5. The molecule has 0 aliphatic carbocycles. The molecule has 1 aliphatic rings. The van der Waals surface area contributed by atoms with E-state index in [1.807, 2.05) is 41.3 Å². The van der Waals surface area contributed by atoms with Crippen molar-refractivity contribution in [1.29, 1.82) is 0 Å². The van der Waals surface area contributed by atoms with Crippen molar-refractivity contribution < 1.29 is 9.53 Å². The van der Waals surface area contributed by atoms with Gasteiger partial charge in [0, 0.05) is 48.8 Å². The second-order valence-corrected chi connectivity index (χ2v) is 9.89. The van der Waals surface area contributed by atoms with Crippen LogP contribution in [0.5, 0.6) is 5.75 Å². The predicted molar refractivity (Wildman–Crippen MR) is 151 cm³/mol. The number of methoxy groups -OCH3 is 1. The lowest BCUT2D eigenvalue weighted by atomic mass is 10.1. The molecule has 1 aliphatic heterocycles. The van der Waals surface area contributed by atoms with Gasteiger partial charge in [-0.2, -0.15) is 0 Å². The van der Waals surface area contributed by atoms with Crippen LogP contribution in [0.15, 0.2) is 60.9 Å². The first-order valence-corrected chi connectivity index (χ1v) is 13.0. The number of para-hydroxylation sites is 1. The molecule has 0 radical (unpaired) electrons. The minimum atomic E-state index is 0.00180. The number of carbonyl (C=O) groups excluding carboxylic acids is 1. The molecule has 1 fully saturated rings. The molecule has 9 heteroatoms. The number of hydrogen-bond acceptors (Lipinski definition) is 7. The predicted octanol–water partition coefficient (Wildman–Crippen LogP) is 4.09. The lowest BCUT2D eigenvalue weighted by Gasteiger charge is -2.35. The Morgan fingerprint density at radius 3 is 2.66 bits per heavy atom. The van der Waals surface area contributed by atoms with Gasteiger partial charge in [0.2, 0.25) is 0 Å². The summed E-state index contributed by atoms with van der Waals surface area (Å²) in [4.78, 5) is 32.4. The van der Waals surface area contributed by atoms with Crippen molar-refractivity contribution in [1.82, 2.24) is 29.7 Å². The van der Waals surface area contributed by atoms with E-state index in [1.54, 1.807) is 19.5 Å². The molecule has 3 heterocycles. The van der Waals surface area contributed by atoms with Gasteiger partial charge in [0.1, 0.15) is 17.3 Å². The van der Waals surface area contributed by atoms with Crippen molar-refractivity contribution in [2.24, 2.45) is 0 Å². The molecule has 0 atom stereocenters. The number of nitrogens with zero attached hydrogens (tertiary/aromatic N) is 5. The topological polar surface area (TPSA) is 89.6 Å². The summed E-state index contributed by atoms with van der Waals surface area (Å²) in [7, 11) is 5.79. The number of nitrogens with one attached hydrogen (secondary N) is 2. The first-order chi connectivity index (χ1) is 18.5. The van der Waals surface area contributed by atoms with Gasteiger partial charge in [0.15, 0.2) is 0 Å². The Bertz CT molecular complexity index is 1360. The van der Waals surface area contributed by atoms with Crippen LogP contribution in [-0.4, -0.2) is 96.0 Å². The number of piperazine rings is 1. The van der Waals surface area contributed by atoms with Crippen LogP contribution < -0.4 is 10.1 Å². The van der Waals surface area contributed by atoms with E-state index in [0.717, 1.165) is 73.7 Å². The monoisotopic (exact) mass is 513 g/mol. The maximum absolute atomic E-state index is 13.3. The summed E-state index contributed by atoms with van der Waals surface area (Å²) < 4.78 is 5.62. The second kappa shape index (κ2) is 11.6. The Balaban J connectivity index is 1.24. The highest BCUT2D eigenvalue weighted by Gasteiger charge is 2.24. The van der Waals surface area contributed by atoms with Crippen molar-refractivity contribution >= 4 is 28.3 Å². The summed E-state index contributed by atoms with van der Waals surface area (Å²) in [5.74, 6) is 1.14. The normalized spacial score (nSPS) is 14.3. The maximum atomic E-state index is 13.3. The second-order valence-electron chi connectivity index (χ2n) is 9.89. The average molecular weight is 514 g/mol. The Morgan fingerprint density at radius 1 is 1.08 bits per heavy atom. The molecule has 38 heavy (non-hydrogen) atoms. The fraction of sp³-hybridized carbons (Fsp3) is 0.345. The number of rotatable bonds is 9. The molecule has 5 rings (SSSR count). The van der Waals surface area contributed by atoms with Crippen molar-refractivity contribution in [3.8, 4) is 17.1 Å². The molecule has 4 aromatic rings. The third-order valence-electron chi connectivity index (χ3n) is 6.88. The van der Waals surface area contributed by atoms with Crippen LogP contribution in [0.3, 0.4) is 0 Å². The minimum Gasteiger partial charge on any atom is -0.496 e.